The summed E-state index contributed by atoms with van der Waals surface area (Å²) in [6.45, 7) is 7.02. The first-order valence-electron chi connectivity index (χ1n) is 7.15. The average Bonchev–Trinajstić information content (AvgIpc) is 2.68. The van der Waals surface area contributed by atoms with Gasteiger partial charge in [0.1, 0.15) is 0 Å². The van der Waals surface area contributed by atoms with Gasteiger partial charge < -0.3 is 9.64 Å². The second-order valence-electron chi connectivity index (χ2n) is 5.19. The number of hydrazine groups is 1. The van der Waals surface area contributed by atoms with Gasteiger partial charge in [0.25, 0.3) is 0 Å². The summed E-state index contributed by atoms with van der Waals surface area (Å²) in [5.41, 5.74) is 3.30. The van der Waals surface area contributed by atoms with Crippen molar-refractivity contribution in [2.75, 3.05) is 39.4 Å². The molecule has 2 saturated heterocycles. The van der Waals surface area contributed by atoms with Gasteiger partial charge in [-0.1, -0.05) is 12.8 Å². The predicted octanol–water partition coefficient (Wildman–Crippen LogP) is 0.614. The molecule has 0 aromatic carbocycles. The van der Waals surface area contributed by atoms with Crippen LogP contribution in [0.15, 0.2) is 0 Å². The minimum atomic E-state index is -0.124. The molecule has 1 atom stereocenters. The van der Waals surface area contributed by atoms with Crippen molar-refractivity contribution in [3.05, 3.63) is 0 Å². The van der Waals surface area contributed by atoms with Crippen LogP contribution in [0, 0.1) is 0 Å². The number of ether oxygens (including phenoxy) is 1. The van der Waals surface area contributed by atoms with Crippen LogP contribution in [-0.2, 0) is 9.53 Å². The Morgan fingerprint density at radius 1 is 1.06 bits per heavy atom. The zero-order chi connectivity index (χ0) is 12.8. The molecular formula is C13H25N3O2. The maximum absolute atomic E-state index is 12.3. The number of carbonyl (C=O) groups is 1. The Morgan fingerprint density at radius 2 is 1.67 bits per heavy atom. The van der Waals surface area contributed by atoms with Gasteiger partial charge in [-0.15, -0.1) is 0 Å². The molecule has 5 heteroatoms. The zero-order valence-corrected chi connectivity index (χ0v) is 11.4. The second kappa shape index (κ2) is 7.07. The number of likely N-dealkylation sites (tertiary alicyclic amines) is 1. The highest BCUT2D eigenvalue weighted by Gasteiger charge is 2.23. The summed E-state index contributed by atoms with van der Waals surface area (Å²) in [6.07, 6.45) is 4.82. The lowest BCUT2D eigenvalue weighted by atomic mass is 10.2. The van der Waals surface area contributed by atoms with E-state index in [-0.39, 0.29) is 11.9 Å². The third-order valence-corrected chi connectivity index (χ3v) is 3.68. The van der Waals surface area contributed by atoms with Crippen LogP contribution in [0.5, 0.6) is 0 Å². The Kier molecular flexibility index (Phi) is 5.41. The van der Waals surface area contributed by atoms with Crippen LogP contribution in [0.1, 0.15) is 32.6 Å². The first kappa shape index (κ1) is 13.8. The molecule has 0 aromatic heterocycles. The summed E-state index contributed by atoms with van der Waals surface area (Å²) in [6, 6.07) is -0.124. The second-order valence-corrected chi connectivity index (χ2v) is 5.19. The summed E-state index contributed by atoms with van der Waals surface area (Å²) < 4.78 is 5.30. The van der Waals surface area contributed by atoms with Crippen LogP contribution in [0.2, 0.25) is 0 Å². The van der Waals surface area contributed by atoms with E-state index in [1.54, 1.807) is 0 Å². The summed E-state index contributed by atoms with van der Waals surface area (Å²) in [5.74, 6) is 0.239. The fourth-order valence-electron chi connectivity index (χ4n) is 2.59. The minimum Gasteiger partial charge on any atom is -0.379 e. The van der Waals surface area contributed by atoms with Crippen molar-refractivity contribution >= 4 is 5.91 Å². The molecule has 1 amide bonds. The Bertz CT molecular complexity index is 259. The molecule has 0 bridgehead atoms. The third-order valence-electron chi connectivity index (χ3n) is 3.68. The minimum absolute atomic E-state index is 0.124. The third kappa shape index (κ3) is 3.93. The molecule has 0 aromatic rings. The van der Waals surface area contributed by atoms with E-state index in [2.05, 4.69) is 10.4 Å². The number of nitrogens with zero attached hydrogens (tertiary/aromatic N) is 2. The summed E-state index contributed by atoms with van der Waals surface area (Å²) in [5, 5.41) is 2.10. The van der Waals surface area contributed by atoms with Crippen molar-refractivity contribution in [1.82, 2.24) is 15.3 Å². The average molecular weight is 255 g/mol. The normalized spacial score (nSPS) is 24.6. The molecule has 2 fully saturated rings. The molecule has 2 aliphatic rings. The Hall–Kier alpha value is -0.650. The molecule has 0 aliphatic carbocycles. The van der Waals surface area contributed by atoms with E-state index in [4.69, 9.17) is 4.74 Å². The van der Waals surface area contributed by atoms with Gasteiger partial charge in [0.15, 0.2) is 0 Å². The zero-order valence-electron chi connectivity index (χ0n) is 11.4. The van der Waals surface area contributed by atoms with Gasteiger partial charge in [-0.2, -0.15) is 0 Å². The lowest BCUT2D eigenvalue weighted by molar-refractivity contribution is -0.135. The maximum atomic E-state index is 12.3. The van der Waals surface area contributed by atoms with E-state index in [1.807, 2.05) is 11.8 Å². The number of carbonyl (C=O) groups excluding carboxylic acids is 1. The predicted molar refractivity (Wildman–Crippen MR) is 70.0 cm³/mol. The number of hydrogen-bond donors (Lipinski definition) is 1. The number of amides is 1. The topological polar surface area (TPSA) is 44.8 Å². The van der Waals surface area contributed by atoms with Crippen molar-refractivity contribution < 1.29 is 9.53 Å². The van der Waals surface area contributed by atoms with Gasteiger partial charge in [-0.05, 0) is 19.8 Å². The van der Waals surface area contributed by atoms with E-state index in [0.717, 1.165) is 52.2 Å². The van der Waals surface area contributed by atoms with Crippen molar-refractivity contribution in [3.63, 3.8) is 0 Å². The number of rotatable bonds is 3. The van der Waals surface area contributed by atoms with Crippen molar-refractivity contribution in [2.45, 2.75) is 38.6 Å². The number of hydrogen-bond acceptors (Lipinski definition) is 4. The summed E-state index contributed by atoms with van der Waals surface area (Å²) in [4.78, 5) is 14.3. The monoisotopic (exact) mass is 255 g/mol. The molecule has 104 valence electrons. The van der Waals surface area contributed by atoms with Crippen LogP contribution in [0.3, 0.4) is 0 Å². The number of nitrogens with one attached hydrogen (secondary N) is 1. The largest absolute Gasteiger partial charge is 0.379 e. The fourth-order valence-corrected chi connectivity index (χ4v) is 2.59. The van der Waals surface area contributed by atoms with Crippen LogP contribution in [-0.4, -0.2) is 61.3 Å². The van der Waals surface area contributed by atoms with Crippen LogP contribution in [0.25, 0.3) is 0 Å². The van der Waals surface area contributed by atoms with Crippen LogP contribution in [0.4, 0.5) is 0 Å². The fraction of sp³-hybridized carbons (Fsp3) is 0.923. The smallest absolute Gasteiger partial charge is 0.240 e. The Morgan fingerprint density at radius 3 is 2.28 bits per heavy atom. The Labute approximate surface area is 109 Å². The molecular weight excluding hydrogens is 230 g/mol. The van der Waals surface area contributed by atoms with Crippen molar-refractivity contribution in [2.24, 2.45) is 0 Å². The van der Waals surface area contributed by atoms with Crippen LogP contribution >= 0.6 is 0 Å². The van der Waals surface area contributed by atoms with E-state index in [1.165, 1.54) is 12.8 Å². The van der Waals surface area contributed by atoms with Crippen molar-refractivity contribution in [1.29, 1.82) is 0 Å². The lowest BCUT2D eigenvalue weighted by Crippen LogP contribution is -2.54. The molecule has 0 radical (unpaired) electrons. The van der Waals surface area contributed by atoms with Crippen LogP contribution < -0.4 is 5.43 Å². The highest BCUT2D eigenvalue weighted by atomic mass is 16.5. The summed E-state index contributed by atoms with van der Waals surface area (Å²) >= 11 is 0. The Balaban J connectivity index is 1.79. The maximum Gasteiger partial charge on any atom is 0.240 e. The first-order chi connectivity index (χ1) is 8.77. The van der Waals surface area contributed by atoms with E-state index < -0.39 is 0 Å². The highest BCUT2D eigenvalue weighted by Crippen LogP contribution is 2.11. The SMILES string of the molecule is CC(NN1CCOCC1)C(=O)N1CCCCCC1. The van der Waals surface area contributed by atoms with Gasteiger partial charge in [-0.3, -0.25) is 4.79 Å². The van der Waals surface area contributed by atoms with Gasteiger partial charge in [0, 0.05) is 26.2 Å². The molecule has 1 N–H and O–H groups in total. The van der Waals surface area contributed by atoms with E-state index in [0.29, 0.717) is 0 Å². The molecule has 2 rings (SSSR count). The van der Waals surface area contributed by atoms with Gasteiger partial charge in [0.05, 0.1) is 19.3 Å². The first-order valence-corrected chi connectivity index (χ1v) is 7.15. The molecule has 5 nitrogen and oxygen atoms in total. The quantitative estimate of drug-likeness (QED) is 0.803. The number of morpholine rings is 1. The van der Waals surface area contributed by atoms with Gasteiger partial charge in [0.2, 0.25) is 5.91 Å². The highest BCUT2D eigenvalue weighted by molar-refractivity contribution is 5.81. The standard InChI is InChI=1S/C13H25N3O2/c1-12(14-16-8-10-18-11-9-16)13(17)15-6-4-2-3-5-7-15/h12,14H,2-11H2,1H3. The van der Waals surface area contributed by atoms with E-state index in [9.17, 15) is 4.79 Å². The molecule has 2 aliphatic heterocycles. The molecule has 1 unspecified atom stereocenters. The lowest BCUT2D eigenvalue weighted by Gasteiger charge is -2.32. The molecule has 0 saturated carbocycles. The van der Waals surface area contributed by atoms with Crippen molar-refractivity contribution in [3.8, 4) is 0 Å². The van der Waals surface area contributed by atoms with E-state index >= 15 is 0 Å². The molecule has 2 heterocycles. The van der Waals surface area contributed by atoms with Gasteiger partial charge in [-0.25, -0.2) is 10.4 Å². The summed E-state index contributed by atoms with van der Waals surface area (Å²) in [7, 11) is 0. The van der Waals surface area contributed by atoms with Gasteiger partial charge >= 0.3 is 0 Å². The molecule has 18 heavy (non-hydrogen) atoms. The molecule has 0 spiro atoms.